The van der Waals surface area contributed by atoms with E-state index in [4.69, 9.17) is 9.47 Å². The lowest BCUT2D eigenvalue weighted by Gasteiger charge is -2.35. The fourth-order valence-corrected chi connectivity index (χ4v) is 5.07. The molecule has 0 aromatic heterocycles. The Morgan fingerprint density at radius 1 is 1.03 bits per heavy atom. The van der Waals surface area contributed by atoms with Crippen LogP contribution in [0.3, 0.4) is 0 Å². The molecule has 0 saturated heterocycles. The zero-order chi connectivity index (χ0) is 22.1. The normalized spacial score (nSPS) is 21.1. The lowest BCUT2D eigenvalue weighted by molar-refractivity contribution is -0.122. The Bertz CT molecular complexity index is 1060. The SMILES string of the molecule is COc1cc(C2CC(=O)C3=C(C2)NC(=O)CC3c2ccccc2Br)ccc1OC(C)C. The highest BCUT2D eigenvalue weighted by atomic mass is 79.9. The maximum Gasteiger partial charge on any atom is 0.225 e. The summed E-state index contributed by atoms with van der Waals surface area (Å²) in [6.45, 7) is 3.93. The molecule has 5 nitrogen and oxygen atoms in total. The summed E-state index contributed by atoms with van der Waals surface area (Å²) in [6.07, 6.45) is 1.34. The number of carbonyl (C=O) groups excluding carboxylic acids is 2. The number of benzene rings is 2. The second kappa shape index (κ2) is 8.87. The van der Waals surface area contributed by atoms with Crippen LogP contribution in [0.4, 0.5) is 0 Å². The van der Waals surface area contributed by atoms with Gasteiger partial charge in [0.05, 0.1) is 13.2 Å². The molecule has 1 N–H and O–H groups in total. The predicted octanol–water partition coefficient (Wildman–Crippen LogP) is 5.25. The Hall–Kier alpha value is -2.60. The zero-order valence-corrected chi connectivity index (χ0v) is 19.5. The maximum atomic E-state index is 13.3. The van der Waals surface area contributed by atoms with Crippen molar-refractivity contribution < 1.29 is 19.1 Å². The van der Waals surface area contributed by atoms with Crippen molar-refractivity contribution in [1.29, 1.82) is 0 Å². The Kier molecular flexibility index (Phi) is 6.19. The molecule has 2 aliphatic rings. The molecule has 0 radical (unpaired) electrons. The van der Waals surface area contributed by atoms with Crippen molar-refractivity contribution in [3.8, 4) is 11.5 Å². The Morgan fingerprint density at radius 2 is 1.81 bits per heavy atom. The molecule has 2 atom stereocenters. The van der Waals surface area contributed by atoms with E-state index in [2.05, 4.69) is 21.2 Å². The molecule has 0 spiro atoms. The summed E-state index contributed by atoms with van der Waals surface area (Å²) in [5.74, 6) is 1.13. The van der Waals surface area contributed by atoms with E-state index in [0.29, 0.717) is 24.3 Å². The third-order valence-corrected chi connectivity index (χ3v) is 6.56. The molecule has 0 saturated carbocycles. The van der Waals surface area contributed by atoms with Gasteiger partial charge in [0.15, 0.2) is 17.3 Å². The van der Waals surface area contributed by atoms with E-state index >= 15 is 0 Å². The summed E-state index contributed by atoms with van der Waals surface area (Å²) in [7, 11) is 1.61. The summed E-state index contributed by atoms with van der Waals surface area (Å²) < 4.78 is 12.2. The van der Waals surface area contributed by atoms with Crippen LogP contribution in [0.25, 0.3) is 0 Å². The van der Waals surface area contributed by atoms with E-state index in [1.165, 1.54) is 0 Å². The number of Topliss-reactive ketones (excluding diaryl/α,β-unsaturated/α-hetero) is 1. The maximum absolute atomic E-state index is 13.3. The van der Waals surface area contributed by atoms with Gasteiger partial charge in [-0.15, -0.1) is 0 Å². The van der Waals surface area contributed by atoms with E-state index in [9.17, 15) is 9.59 Å². The van der Waals surface area contributed by atoms with E-state index in [1.54, 1.807) is 7.11 Å². The number of hydrogen-bond acceptors (Lipinski definition) is 4. The van der Waals surface area contributed by atoms with Gasteiger partial charge in [-0.3, -0.25) is 9.59 Å². The number of methoxy groups -OCH3 is 1. The first kappa shape index (κ1) is 21.6. The van der Waals surface area contributed by atoms with Gasteiger partial charge in [-0.25, -0.2) is 0 Å². The number of allylic oxidation sites excluding steroid dienone is 2. The fraction of sp³-hybridized carbons (Fsp3) is 0.360. The van der Waals surface area contributed by atoms with Crippen LogP contribution in [-0.2, 0) is 9.59 Å². The number of amides is 1. The van der Waals surface area contributed by atoms with Gasteiger partial charge in [0.25, 0.3) is 0 Å². The summed E-state index contributed by atoms with van der Waals surface area (Å²) in [4.78, 5) is 25.8. The minimum atomic E-state index is -0.218. The Morgan fingerprint density at radius 3 is 2.52 bits per heavy atom. The minimum absolute atomic E-state index is 0.0217. The molecule has 2 unspecified atom stereocenters. The quantitative estimate of drug-likeness (QED) is 0.630. The minimum Gasteiger partial charge on any atom is -0.493 e. The van der Waals surface area contributed by atoms with Gasteiger partial charge >= 0.3 is 0 Å². The van der Waals surface area contributed by atoms with Gasteiger partial charge in [-0.2, -0.15) is 0 Å². The fourth-order valence-electron chi connectivity index (χ4n) is 4.51. The largest absolute Gasteiger partial charge is 0.493 e. The van der Waals surface area contributed by atoms with Crippen LogP contribution in [0, 0.1) is 0 Å². The first-order chi connectivity index (χ1) is 14.9. The molecule has 1 aliphatic carbocycles. The van der Waals surface area contributed by atoms with Crippen molar-refractivity contribution >= 4 is 27.6 Å². The predicted molar refractivity (Wildman–Crippen MR) is 122 cm³/mol. The smallest absolute Gasteiger partial charge is 0.225 e. The molecule has 162 valence electrons. The molecule has 1 aliphatic heterocycles. The van der Waals surface area contributed by atoms with Crippen LogP contribution in [0.15, 0.2) is 58.2 Å². The molecule has 0 fully saturated rings. The lowest BCUT2D eigenvalue weighted by Crippen LogP contribution is -2.38. The highest BCUT2D eigenvalue weighted by Crippen LogP contribution is 2.45. The molecule has 2 aromatic rings. The number of rotatable bonds is 5. The van der Waals surface area contributed by atoms with E-state index in [0.717, 1.165) is 26.9 Å². The average Bonchev–Trinajstić information content (AvgIpc) is 2.73. The zero-order valence-electron chi connectivity index (χ0n) is 17.9. The second-order valence-electron chi connectivity index (χ2n) is 8.32. The van der Waals surface area contributed by atoms with Crippen LogP contribution in [0.5, 0.6) is 11.5 Å². The number of hydrogen-bond donors (Lipinski definition) is 1. The summed E-state index contributed by atoms with van der Waals surface area (Å²) in [5.41, 5.74) is 3.48. The molecule has 6 heteroatoms. The van der Waals surface area contributed by atoms with Gasteiger partial charge in [0.1, 0.15) is 0 Å². The first-order valence-electron chi connectivity index (χ1n) is 10.5. The molecular formula is C25H26BrNO4. The van der Waals surface area contributed by atoms with Crippen molar-refractivity contribution in [2.75, 3.05) is 7.11 Å². The van der Waals surface area contributed by atoms with Crippen molar-refractivity contribution in [1.82, 2.24) is 5.32 Å². The second-order valence-corrected chi connectivity index (χ2v) is 9.18. The van der Waals surface area contributed by atoms with Crippen molar-refractivity contribution in [3.05, 3.63) is 69.3 Å². The van der Waals surface area contributed by atoms with E-state index in [-0.39, 0.29) is 36.1 Å². The molecule has 2 aromatic carbocycles. The molecule has 4 rings (SSSR count). The monoisotopic (exact) mass is 483 g/mol. The Labute approximate surface area is 190 Å². The lowest BCUT2D eigenvalue weighted by atomic mass is 9.73. The number of carbonyl (C=O) groups is 2. The topological polar surface area (TPSA) is 64.6 Å². The number of ketones is 1. The van der Waals surface area contributed by atoms with Gasteiger partial charge in [-0.1, -0.05) is 40.2 Å². The third-order valence-electron chi connectivity index (χ3n) is 5.84. The van der Waals surface area contributed by atoms with E-state index in [1.807, 2.05) is 56.3 Å². The van der Waals surface area contributed by atoms with Crippen LogP contribution in [0.2, 0.25) is 0 Å². The van der Waals surface area contributed by atoms with Crippen LogP contribution in [-0.4, -0.2) is 24.9 Å². The van der Waals surface area contributed by atoms with Crippen molar-refractivity contribution in [2.45, 2.75) is 51.0 Å². The summed E-state index contributed by atoms with van der Waals surface area (Å²) in [6, 6.07) is 13.6. The molecule has 31 heavy (non-hydrogen) atoms. The number of nitrogens with one attached hydrogen (secondary N) is 1. The number of ether oxygens (including phenoxy) is 2. The summed E-state index contributed by atoms with van der Waals surface area (Å²) in [5, 5.41) is 2.98. The van der Waals surface area contributed by atoms with Crippen LogP contribution >= 0.6 is 15.9 Å². The molecular weight excluding hydrogens is 458 g/mol. The first-order valence-corrected chi connectivity index (χ1v) is 11.3. The summed E-state index contributed by atoms with van der Waals surface area (Å²) >= 11 is 3.58. The number of halogens is 1. The van der Waals surface area contributed by atoms with Crippen molar-refractivity contribution in [3.63, 3.8) is 0 Å². The Balaban J connectivity index is 1.67. The van der Waals surface area contributed by atoms with Gasteiger partial charge in [0.2, 0.25) is 5.91 Å². The van der Waals surface area contributed by atoms with Gasteiger partial charge < -0.3 is 14.8 Å². The molecule has 1 amide bonds. The highest BCUT2D eigenvalue weighted by Gasteiger charge is 2.38. The van der Waals surface area contributed by atoms with E-state index < -0.39 is 0 Å². The van der Waals surface area contributed by atoms with Crippen LogP contribution < -0.4 is 14.8 Å². The third kappa shape index (κ3) is 4.40. The molecule has 1 heterocycles. The average molecular weight is 484 g/mol. The van der Waals surface area contributed by atoms with Crippen molar-refractivity contribution in [2.24, 2.45) is 0 Å². The molecule has 0 bridgehead atoms. The standard InChI is InChI=1S/C25H26BrNO4/c1-14(2)31-22-9-8-15(12-23(22)30-3)16-10-20-25(21(28)11-16)18(13-24(29)27-20)17-6-4-5-7-19(17)26/h4-9,12,14,16,18H,10-11,13H2,1-3H3,(H,27,29). The van der Waals surface area contributed by atoms with Gasteiger partial charge in [-0.05, 0) is 55.5 Å². The van der Waals surface area contributed by atoms with Gasteiger partial charge in [0, 0.05) is 34.5 Å². The van der Waals surface area contributed by atoms with Crippen LogP contribution in [0.1, 0.15) is 56.1 Å². The highest BCUT2D eigenvalue weighted by molar-refractivity contribution is 9.10.